The van der Waals surface area contributed by atoms with E-state index in [-0.39, 0.29) is 12.5 Å². The van der Waals surface area contributed by atoms with Gasteiger partial charge in [-0.05, 0) is 67.6 Å². The van der Waals surface area contributed by atoms with E-state index in [1.54, 1.807) is 0 Å². The third-order valence-corrected chi connectivity index (χ3v) is 4.12. The first-order valence-electron chi connectivity index (χ1n) is 9.90. The van der Waals surface area contributed by atoms with Crippen molar-refractivity contribution in [2.45, 2.75) is 6.92 Å². The average Bonchev–Trinajstić information content (AvgIpc) is 2.78. The van der Waals surface area contributed by atoms with Crippen LogP contribution in [0.3, 0.4) is 0 Å². The van der Waals surface area contributed by atoms with E-state index in [1.165, 1.54) is 0 Å². The maximum atomic E-state index is 12.1. The summed E-state index contributed by atoms with van der Waals surface area (Å²) in [7, 11) is 0. The monoisotopic (exact) mass is 406 g/mol. The Morgan fingerprint density at radius 3 is 1.83 bits per heavy atom. The molecular weight excluding hydrogens is 380 g/mol. The van der Waals surface area contributed by atoms with Gasteiger partial charge in [0.15, 0.2) is 0 Å². The fourth-order valence-corrected chi connectivity index (χ4v) is 2.69. The molecule has 0 aromatic heterocycles. The standard InChI is InChI=1S/C24H26N2O4/c1-2-28-22-14-10-20(11-15-22)26-24(27)18-25-19-8-12-23(13-9-19)30-17-16-29-21-6-4-3-5-7-21/h3-15,25H,2,16-18H2,1H3,(H,26,27). The second-order valence-electron chi connectivity index (χ2n) is 6.39. The number of hydrogen-bond acceptors (Lipinski definition) is 5. The highest BCUT2D eigenvalue weighted by atomic mass is 16.5. The number of anilines is 2. The highest BCUT2D eigenvalue weighted by Gasteiger charge is 2.03. The minimum Gasteiger partial charge on any atom is -0.494 e. The van der Waals surface area contributed by atoms with Crippen molar-refractivity contribution >= 4 is 17.3 Å². The lowest BCUT2D eigenvalue weighted by atomic mass is 10.3. The lowest BCUT2D eigenvalue weighted by Crippen LogP contribution is -2.21. The van der Waals surface area contributed by atoms with Gasteiger partial charge in [0, 0.05) is 11.4 Å². The van der Waals surface area contributed by atoms with E-state index in [9.17, 15) is 4.79 Å². The molecule has 0 radical (unpaired) electrons. The molecule has 0 heterocycles. The van der Waals surface area contributed by atoms with Gasteiger partial charge in [0.1, 0.15) is 30.5 Å². The Kier molecular flexibility index (Phi) is 7.97. The second kappa shape index (κ2) is 11.4. The summed E-state index contributed by atoms with van der Waals surface area (Å²) in [5.74, 6) is 2.22. The molecule has 156 valence electrons. The Morgan fingerprint density at radius 1 is 0.700 bits per heavy atom. The number of carbonyl (C=O) groups is 1. The Labute approximate surface area is 176 Å². The van der Waals surface area contributed by atoms with Gasteiger partial charge in [0.2, 0.25) is 5.91 Å². The van der Waals surface area contributed by atoms with E-state index in [2.05, 4.69) is 10.6 Å². The van der Waals surface area contributed by atoms with E-state index < -0.39 is 0 Å². The van der Waals surface area contributed by atoms with Gasteiger partial charge >= 0.3 is 0 Å². The van der Waals surface area contributed by atoms with E-state index in [0.717, 1.165) is 28.6 Å². The van der Waals surface area contributed by atoms with Gasteiger partial charge < -0.3 is 24.8 Å². The summed E-state index contributed by atoms with van der Waals surface area (Å²) in [6.45, 7) is 3.63. The minimum absolute atomic E-state index is 0.127. The molecule has 0 unspecified atom stereocenters. The van der Waals surface area contributed by atoms with Crippen LogP contribution in [-0.2, 0) is 4.79 Å². The number of rotatable bonds is 11. The molecule has 2 N–H and O–H groups in total. The SMILES string of the molecule is CCOc1ccc(NC(=O)CNc2ccc(OCCOc3ccccc3)cc2)cc1. The van der Waals surface area contributed by atoms with Crippen molar-refractivity contribution in [3.63, 3.8) is 0 Å². The van der Waals surface area contributed by atoms with E-state index in [4.69, 9.17) is 14.2 Å². The molecule has 3 rings (SSSR count). The first-order valence-corrected chi connectivity index (χ1v) is 9.90. The zero-order valence-electron chi connectivity index (χ0n) is 17.0. The number of nitrogens with one attached hydrogen (secondary N) is 2. The predicted octanol–water partition coefficient (Wildman–Crippen LogP) is 4.59. The molecule has 30 heavy (non-hydrogen) atoms. The summed E-state index contributed by atoms with van der Waals surface area (Å²) in [5.41, 5.74) is 1.57. The summed E-state index contributed by atoms with van der Waals surface area (Å²) in [6, 6.07) is 24.4. The normalized spacial score (nSPS) is 10.2. The molecule has 3 aromatic rings. The van der Waals surface area contributed by atoms with E-state index in [1.807, 2.05) is 85.8 Å². The van der Waals surface area contributed by atoms with Crippen LogP contribution in [0.2, 0.25) is 0 Å². The van der Waals surface area contributed by atoms with Crippen LogP contribution >= 0.6 is 0 Å². The summed E-state index contributed by atoms with van der Waals surface area (Å²) >= 11 is 0. The lowest BCUT2D eigenvalue weighted by Gasteiger charge is -2.10. The molecule has 0 aliphatic carbocycles. The first kappa shape index (κ1) is 21.0. The van der Waals surface area contributed by atoms with Crippen molar-refractivity contribution in [2.24, 2.45) is 0 Å². The number of para-hydroxylation sites is 1. The highest BCUT2D eigenvalue weighted by Crippen LogP contribution is 2.17. The third-order valence-electron chi connectivity index (χ3n) is 4.12. The third kappa shape index (κ3) is 7.05. The molecule has 1 amide bonds. The van der Waals surface area contributed by atoms with Crippen LogP contribution < -0.4 is 24.8 Å². The van der Waals surface area contributed by atoms with Crippen molar-refractivity contribution < 1.29 is 19.0 Å². The zero-order valence-corrected chi connectivity index (χ0v) is 17.0. The molecule has 6 nitrogen and oxygen atoms in total. The first-order chi connectivity index (χ1) is 14.7. The summed E-state index contributed by atoms with van der Waals surface area (Å²) in [5, 5.41) is 5.94. The lowest BCUT2D eigenvalue weighted by molar-refractivity contribution is -0.114. The van der Waals surface area contributed by atoms with Gasteiger partial charge in [-0.3, -0.25) is 4.79 Å². The number of ether oxygens (including phenoxy) is 3. The molecule has 0 bridgehead atoms. The molecule has 0 aliphatic rings. The molecule has 0 fully saturated rings. The van der Waals surface area contributed by atoms with Crippen LogP contribution in [-0.4, -0.2) is 32.3 Å². The topological polar surface area (TPSA) is 68.8 Å². The molecule has 0 spiro atoms. The van der Waals surface area contributed by atoms with Crippen LogP contribution in [0.1, 0.15) is 6.92 Å². The summed E-state index contributed by atoms with van der Waals surface area (Å²) < 4.78 is 16.7. The van der Waals surface area contributed by atoms with E-state index >= 15 is 0 Å². The van der Waals surface area contributed by atoms with Crippen LogP contribution in [0.15, 0.2) is 78.9 Å². The van der Waals surface area contributed by atoms with Crippen molar-refractivity contribution in [3.8, 4) is 17.2 Å². The van der Waals surface area contributed by atoms with Crippen molar-refractivity contribution in [1.29, 1.82) is 0 Å². The molecule has 0 atom stereocenters. The van der Waals surface area contributed by atoms with Crippen LogP contribution in [0.4, 0.5) is 11.4 Å². The number of amides is 1. The molecule has 3 aromatic carbocycles. The van der Waals surface area contributed by atoms with Gasteiger partial charge in [-0.1, -0.05) is 18.2 Å². The smallest absolute Gasteiger partial charge is 0.243 e. The van der Waals surface area contributed by atoms with Crippen LogP contribution in [0.25, 0.3) is 0 Å². The fourth-order valence-electron chi connectivity index (χ4n) is 2.69. The highest BCUT2D eigenvalue weighted by molar-refractivity contribution is 5.93. The zero-order chi connectivity index (χ0) is 21.0. The molecular formula is C24H26N2O4. The Balaban J connectivity index is 1.36. The van der Waals surface area contributed by atoms with Gasteiger partial charge in [-0.2, -0.15) is 0 Å². The molecule has 0 saturated heterocycles. The number of benzene rings is 3. The van der Waals surface area contributed by atoms with Gasteiger partial charge in [0.05, 0.1) is 13.2 Å². The quantitative estimate of drug-likeness (QED) is 0.456. The Hall–Kier alpha value is -3.67. The number of carbonyl (C=O) groups excluding carboxylic acids is 1. The Morgan fingerprint density at radius 2 is 1.23 bits per heavy atom. The Bertz CT molecular complexity index is 897. The molecule has 6 heteroatoms. The fraction of sp³-hybridized carbons (Fsp3) is 0.208. The van der Waals surface area contributed by atoms with Gasteiger partial charge in [-0.15, -0.1) is 0 Å². The minimum atomic E-state index is -0.127. The van der Waals surface area contributed by atoms with Crippen molar-refractivity contribution in [1.82, 2.24) is 0 Å². The molecule has 0 aliphatic heterocycles. The predicted molar refractivity (Wildman–Crippen MR) is 119 cm³/mol. The van der Waals surface area contributed by atoms with E-state index in [0.29, 0.717) is 19.8 Å². The summed E-state index contributed by atoms with van der Waals surface area (Å²) in [4.78, 5) is 12.1. The van der Waals surface area contributed by atoms with Crippen molar-refractivity contribution in [3.05, 3.63) is 78.9 Å². The van der Waals surface area contributed by atoms with Crippen LogP contribution in [0.5, 0.6) is 17.2 Å². The molecule has 0 saturated carbocycles. The van der Waals surface area contributed by atoms with Crippen molar-refractivity contribution in [2.75, 3.05) is 37.0 Å². The van der Waals surface area contributed by atoms with Gasteiger partial charge in [-0.25, -0.2) is 0 Å². The second-order valence-corrected chi connectivity index (χ2v) is 6.39. The summed E-state index contributed by atoms with van der Waals surface area (Å²) in [6.07, 6.45) is 0. The maximum Gasteiger partial charge on any atom is 0.243 e. The van der Waals surface area contributed by atoms with Gasteiger partial charge in [0.25, 0.3) is 0 Å². The largest absolute Gasteiger partial charge is 0.494 e. The average molecular weight is 406 g/mol. The maximum absolute atomic E-state index is 12.1. The number of hydrogen-bond donors (Lipinski definition) is 2. The van der Waals surface area contributed by atoms with Crippen LogP contribution in [0, 0.1) is 0 Å².